The second kappa shape index (κ2) is 6.29. The lowest BCUT2D eigenvalue weighted by atomic mass is 10.0. The minimum Gasteiger partial charge on any atom is -0.449 e. The van der Waals surface area contributed by atoms with Gasteiger partial charge in [0.2, 0.25) is 0 Å². The van der Waals surface area contributed by atoms with Gasteiger partial charge < -0.3 is 10.1 Å². The van der Waals surface area contributed by atoms with E-state index in [1.54, 1.807) is 6.07 Å². The lowest BCUT2D eigenvalue weighted by Crippen LogP contribution is -2.41. The molecule has 0 saturated carbocycles. The van der Waals surface area contributed by atoms with Crippen molar-refractivity contribution in [2.45, 2.75) is 19.4 Å². The number of carbonyl (C=O) groups is 3. The minimum atomic E-state index is -1.02. The largest absolute Gasteiger partial charge is 0.449 e. The molecule has 1 aliphatic heterocycles. The third-order valence-electron chi connectivity index (χ3n) is 4.79. The second-order valence-corrected chi connectivity index (χ2v) is 6.48. The lowest BCUT2D eigenvalue weighted by molar-refractivity contribution is -0.136. The Morgan fingerprint density at radius 1 is 1.12 bits per heavy atom. The second-order valence-electron chi connectivity index (χ2n) is 6.48. The van der Waals surface area contributed by atoms with Crippen LogP contribution in [0.5, 0.6) is 0 Å². The Bertz CT molecular complexity index is 922. The number of rotatable bonds is 3. The third-order valence-corrected chi connectivity index (χ3v) is 4.79. The number of nitrogens with one attached hydrogen (secondary N) is 1. The van der Waals surface area contributed by atoms with Gasteiger partial charge in [-0.15, -0.1) is 0 Å². The van der Waals surface area contributed by atoms with E-state index in [-0.39, 0.29) is 6.54 Å². The fourth-order valence-electron chi connectivity index (χ4n) is 3.43. The number of hydrogen-bond acceptors (Lipinski definition) is 4. The smallest absolute Gasteiger partial charge is 0.338 e. The molecule has 132 valence electrons. The summed E-state index contributed by atoms with van der Waals surface area (Å²) in [5, 5.41) is 2.55. The molecule has 1 atom stereocenters. The number of fused-ring (bicyclic) bond motifs is 3. The van der Waals surface area contributed by atoms with Gasteiger partial charge in [-0.25, -0.2) is 9.59 Å². The Balaban J connectivity index is 1.51. The zero-order valence-electron chi connectivity index (χ0n) is 14.3. The summed E-state index contributed by atoms with van der Waals surface area (Å²) >= 11 is 0. The first-order chi connectivity index (χ1) is 12.5. The van der Waals surface area contributed by atoms with Gasteiger partial charge in [0.1, 0.15) is 0 Å². The van der Waals surface area contributed by atoms with E-state index in [9.17, 15) is 14.4 Å². The van der Waals surface area contributed by atoms with Crippen LogP contribution in [-0.4, -0.2) is 42.0 Å². The Labute approximate surface area is 150 Å². The van der Waals surface area contributed by atoms with Crippen molar-refractivity contribution in [3.8, 4) is 11.1 Å². The van der Waals surface area contributed by atoms with E-state index in [0.29, 0.717) is 12.1 Å². The van der Waals surface area contributed by atoms with E-state index in [1.165, 1.54) is 18.1 Å². The van der Waals surface area contributed by atoms with Crippen molar-refractivity contribution >= 4 is 17.9 Å². The van der Waals surface area contributed by atoms with E-state index < -0.39 is 24.0 Å². The number of amides is 3. The predicted molar refractivity (Wildman–Crippen MR) is 94.7 cm³/mol. The monoisotopic (exact) mass is 350 g/mol. The van der Waals surface area contributed by atoms with Crippen LogP contribution in [0, 0.1) is 0 Å². The molecule has 1 fully saturated rings. The first kappa shape index (κ1) is 16.3. The number of carbonyl (C=O) groups excluding carboxylic acids is 3. The molecule has 4 rings (SSSR count). The molecule has 1 unspecified atom stereocenters. The van der Waals surface area contributed by atoms with E-state index in [2.05, 4.69) is 11.4 Å². The zero-order chi connectivity index (χ0) is 18.3. The number of esters is 1. The molecule has 0 radical (unpaired) electrons. The van der Waals surface area contributed by atoms with Gasteiger partial charge in [-0.05, 0) is 47.7 Å². The van der Waals surface area contributed by atoms with Gasteiger partial charge in [-0.1, -0.05) is 30.3 Å². The van der Waals surface area contributed by atoms with Crippen LogP contribution in [0.15, 0.2) is 42.5 Å². The number of ether oxygens (including phenoxy) is 1. The van der Waals surface area contributed by atoms with Gasteiger partial charge >= 0.3 is 12.0 Å². The average Bonchev–Trinajstić information content (AvgIpc) is 3.23. The van der Waals surface area contributed by atoms with E-state index in [4.69, 9.17) is 4.74 Å². The molecule has 1 N–H and O–H groups in total. The highest BCUT2D eigenvalue weighted by Gasteiger charge is 2.32. The molecule has 0 bridgehead atoms. The number of benzene rings is 2. The normalized spacial score (nSPS) is 15.9. The Morgan fingerprint density at radius 2 is 1.88 bits per heavy atom. The van der Waals surface area contributed by atoms with Gasteiger partial charge in [-0.3, -0.25) is 9.69 Å². The van der Waals surface area contributed by atoms with Crippen molar-refractivity contribution in [3.63, 3.8) is 0 Å². The zero-order valence-corrected chi connectivity index (χ0v) is 14.3. The van der Waals surface area contributed by atoms with Crippen molar-refractivity contribution < 1.29 is 19.1 Å². The molecule has 1 saturated heterocycles. The summed E-state index contributed by atoms with van der Waals surface area (Å²) in [6, 6.07) is 13.1. The van der Waals surface area contributed by atoms with Crippen LogP contribution in [0.2, 0.25) is 0 Å². The van der Waals surface area contributed by atoms with Crippen molar-refractivity contribution in [1.29, 1.82) is 0 Å². The quantitative estimate of drug-likeness (QED) is 0.736. The Hall–Kier alpha value is -3.15. The molecule has 2 aliphatic rings. The van der Waals surface area contributed by atoms with Crippen LogP contribution in [0.3, 0.4) is 0 Å². The molecular formula is C20H18N2O4. The molecule has 0 aromatic heterocycles. The highest BCUT2D eigenvalue weighted by molar-refractivity contribution is 6.00. The average molecular weight is 350 g/mol. The molecular weight excluding hydrogens is 332 g/mol. The summed E-state index contributed by atoms with van der Waals surface area (Å²) in [5.74, 6) is -1.09. The maximum Gasteiger partial charge on any atom is 0.338 e. The SMILES string of the molecule is CC(OC(=O)c1ccc2c(c1)-c1ccccc1C2)C(=O)N1CCNC1=O. The maximum atomic E-state index is 12.5. The summed E-state index contributed by atoms with van der Waals surface area (Å²) in [7, 11) is 0. The fraction of sp³-hybridized carbons (Fsp3) is 0.250. The van der Waals surface area contributed by atoms with Crippen molar-refractivity contribution in [2.24, 2.45) is 0 Å². The highest BCUT2D eigenvalue weighted by atomic mass is 16.5. The number of urea groups is 1. The van der Waals surface area contributed by atoms with E-state index >= 15 is 0 Å². The first-order valence-corrected chi connectivity index (χ1v) is 8.56. The van der Waals surface area contributed by atoms with Gasteiger partial charge in [0.05, 0.1) is 5.56 Å². The molecule has 26 heavy (non-hydrogen) atoms. The van der Waals surface area contributed by atoms with Crippen LogP contribution in [0.25, 0.3) is 11.1 Å². The van der Waals surface area contributed by atoms with Crippen LogP contribution >= 0.6 is 0 Å². The third kappa shape index (κ3) is 2.73. The summed E-state index contributed by atoms with van der Waals surface area (Å²) in [6.45, 7) is 2.18. The van der Waals surface area contributed by atoms with Gasteiger partial charge in [0.15, 0.2) is 6.10 Å². The highest BCUT2D eigenvalue weighted by Crippen LogP contribution is 2.36. The summed E-state index contributed by atoms with van der Waals surface area (Å²) in [4.78, 5) is 37.4. The molecule has 6 heteroatoms. The molecule has 3 amide bonds. The number of hydrogen-bond donors (Lipinski definition) is 1. The fourth-order valence-corrected chi connectivity index (χ4v) is 3.43. The topological polar surface area (TPSA) is 75.7 Å². The van der Waals surface area contributed by atoms with E-state index in [1.807, 2.05) is 30.3 Å². The van der Waals surface area contributed by atoms with Crippen LogP contribution < -0.4 is 5.32 Å². The van der Waals surface area contributed by atoms with E-state index in [0.717, 1.165) is 22.4 Å². The van der Waals surface area contributed by atoms with Crippen LogP contribution in [0.1, 0.15) is 28.4 Å². The van der Waals surface area contributed by atoms with Crippen molar-refractivity contribution in [1.82, 2.24) is 10.2 Å². The Kier molecular flexibility index (Phi) is 3.95. The lowest BCUT2D eigenvalue weighted by Gasteiger charge is -2.18. The van der Waals surface area contributed by atoms with Crippen LogP contribution in [0.4, 0.5) is 4.79 Å². The summed E-state index contributed by atoms with van der Waals surface area (Å²) < 4.78 is 5.30. The summed E-state index contributed by atoms with van der Waals surface area (Å²) in [6.07, 6.45) is -0.174. The molecule has 2 aromatic rings. The minimum absolute atomic E-state index is 0.287. The van der Waals surface area contributed by atoms with Gasteiger partial charge in [-0.2, -0.15) is 0 Å². The molecule has 6 nitrogen and oxygen atoms in total. The number of nitrogens with zero attached hydrogens (tertiary/aromatic N) is 1. The van der Waals surface area contributed by atoms with Crippen molar-refractivity contribution in [2.75, 3.05) is 13.1 Å². The first-order valence-electron chi connectivity index (χ1n) is 8.56. The van der Waals surface area contributed by atoms with Gasteiger partial charge in [0, 0.05) is 13.1 Å². The standard InChI is InChI=1S/C20H18N2O4/c1-12(18(23)22-9-8-21-20(22)25)26-19(24)15-7-6-14-10-13-4-2-3-5-16(13)17(14)11-15/h2-7,11-12H,8-10H2,1H3,(H,21,25). The number of imide groups is 1. The Morgan fingerprint density at radius 3 is 2.65 bits per heavy atom. The van der Waals surface area contributed by atoms with Crippen molar-refractivity contribution in [3.05, 3.63) is 59.2 Å². The van der Waals surface area contributed by atoms with Gasteiger partial charge in [0.25, 0.3) is 5.91 Å². The maximum absolute atomic E-state index is 12.5. The molecule has 1 heterocycles. The molecule has 0 spiro atoms. The molecule has 1 aliphatic carbocycles. The molecule has 2 aromatic carbocycles. The van der Waals surface area contributed by atoms with Crippen LogP contribution in [-0.2, 0) is 16.0 Å². The summed E-state index contributed by atoms with van der Waals surface area (Å²) in [5.41, 5.74) is 4.94. The predicted octanol–water partition coefficient (Wildman–Crippen LogP) is 2.35.